The van der Waals surface area contributed by atoms with Gasteiger partial charge in [0.25, 0.3) is 0 Å². The van der Waals surface area contributed by atoms with E-state index in [1.165, 1.54) is 6.07 Å². The third kappa shape index (κ3) is 2.05. The van der Waals surface area contributed by atoms with E-state index < -0.39 is 11.4 Å². The molecule has 0 aliphatic rings. The molecule has 2 aromatic rings. The minimum absolute atomic E-state index is 0.00935. The summed E-state index contributed by atoms with van der Waals surface area (Å²) in [6.07, 6.45) is 1.10. The Morgan fingerprint density at radius 1 is 1.33 bits per heavy atom. The van der Waals surface area contributed by atoms with Crippen LogP contribution in [0.3, 0.4) is 0 Å². The van der Waals surface area contributed by atoms with Gasteiger partial charge in [0.05, 0.1) is 0 Å². The SMILES string of the molecule is C=CC(=O)c1cc2ccc(N(C)C)cc2oc1=O. The maximum Gasteiger partial charge on any atom is 0.347 e. The van der Waals surface area contributed by atoms with Crippen molar-refractivity contribution >= 4 is 22.4 Å². The molecule has 1 aromatic heterocycles. The summed E-state index contributed by atoms with van der Waals surface area (Å²) in [5.74, 6) is -0.428. The maximum absolute atomic E-state index is 11.7. The molecular formula is C14H13NO3. The molecule has 0 atom stereocenters. The summed E-state index contributed by atoms with van der Waals surface area (Å²) < 4.78 is 5.16. The van der Waals surface area contributed by atoms with Crippen molar-refractivity contribution in [2.24, 2.45) is 0 Å². The third-order valence-corrected chi connectivity index (χ3v) is 2.69. The fourth-order valence-corrected chi connectivity index (χ4v) is 1.66. The van der Waals surface area contributed by atoms with Gasteiger partial charge in [0.1, 0.15) is 11.1 Å². The van der Waals surface area contributed by atoms with Crippen LogP contribution in [-0.2, 0) is 0 Å². The fraction of sp³-hybridized carbons (Fsp3) is 0.143. The van der Waals surface area contributed by atoms with Crippen LogP contribution in [0.25, 0.3) is 11.0 Å². The molecule has 4 heteroatoms. The molecule has 4 nitrogen and oxygen atoms in total. The van der Waals surface area contributed by atoms with Crippen molar-refractivity contribution in [1.82, 2.24) is 0 Å². The maximum atomic E-state index is 11.7. The molecule has 0 saturated carbocycles. The fourth-order valence-electron chi connectivity index (χ4n) is 1.66. The van der Waals surface area contributed by atoms with E-state index in [-0.39, 0.29) is 5.56 Å². The molecule has 2 rings (SSSR count). The van der Waals surface area contributed by atoms with Gasteiger partial charge in [-0.25, -0.2) is 4.79 Å². The van der Waals surface area contributed by atoms with Gasteiger partial charge in [-0.05, 0) is 24.3 Å². The number of fused-ring (bicyclic) bond motifs is 1. The number of allylic oxidation sites excluding steroid dienone is 1. The molecule has 0 aliphatic carbocycles. The van der Waals surface area contributed by atoms with E-state index in [0.29, 0.717) is 11.0 Å². The van der Waals surface area contributed by atoms with E-state index in [2.05, 4.69) is 6.58 Å². The number of carbonyl (C=O) groups is 1. The topological polar surface area (TPSA) is 50.5 Å². The van der Waals surface area contributed by atoms with Crippen LogP contribution in [0, 0.1) is 0 Å². The number of anilines is 1. The minimum atomic E-state index is -0.636. The van der Waals surface area contributed by atoms with Gasteiger partial charge >= 0.3 is 5.63 Å². The van der Waals surface area contributed by atoms with Gasteiger partial charge in [-0.3, -0.25) is 4.79 Å². The van der Waals surface area contributed by atoms with Gasteiger partial charge in [0.15, 0.2) is 5.78 Å². The first-order valence-corrected chi connectivity index (χ1v) is 5.45. The number of ketones is 1. The highest BCUT2D eigenvalue weighted by Crippen LogP contribution is 2.20. The minimum Gasteiger partial charge on any atom is -0.422 e. The Morgan fingerprint density at radius 3 is 2.67 bits per heavy atom. The Bertz CT molecular complexity index is 683. The van der Waals surface area contributed by atoms with Crippen LogP contribution in [0.4, 0.5) is 5.69 Å². The molecule has 0 aliphatic heterocycles. The number of hydrogen-bond donors (Lipinski definition) is 0. The van der Waals surface area contributed by atoms with Crippen molar-refractivity contribution in [3.8, 4) is 0 Å². The molecule has 1 aromatic carbocycles. The van der Waals surface area contributed by atoms with E-state index in [1.54, 1.807) is 6.07 Å². The lowest BCUT2D eigenvalue weighted by atomic mass is 10.1. The first-order chi connectivity index (χ1) is 8.52. The Morgan fingerprint density at radius 2 is 2.06 bits per heavy atom. The number of benzene rings is 1. The monoisotopic (exact) mass is 243 g/mol. The zero-order valence-corrected chi connectivity index (χ0v) is 10.3. The summed E-state index contributed by atoms with van der Waals surface area (Å²) in [7, 11) is 3.80. The van der Waals surface area contributed by atoms with Crippen LogP contribution in [-0.4, -0.2) is 19.9 Å². The molecule has 0 unspecified atom stereocenters. The third-order valence-electron chi connectivity index (χ3n) is 2.69. The second kappa shape index (κ2) is 4.49. The van der Waals surface area contributed by atoms with Crippen LogP contribution in [0.1, 0.15) is 10.4 Å². The zero-order chi connectivity index (χ0) is 13.3. The molecule has 0 N–H and O–H groups in total. The van der Waals surface area contributed by atoms with Gasteiger partial charge in [0, 0.05) is 31.2 Å². The van der Waals surface area contributed by atoms with Crippen LogP contribution in [0.2, 0.25) is 0 Å². The summed E-state index contributed by atoms with van der Waals surface area (Å²) in [4.78, 5) is 25.0. The lowest BCUT2D eigenvalue weighted by Gasteiger charge is -2.12. The highest BCUT2D eigenvalue weighted by molar-refractivity contribution is 6.05. The second-order valence-electron chi connectivity index (χ2n) is 4.13. The molecule has 0 amide bonds. The number of hydrogen-bond acceptors (Lipinski definition) is 4. The van der Waals surface area contributed by atoms with Gasteiger partial charge in [0.2, 0.25) is 0 Å². The molecule has 0 bridgehead atoms. The molecular weight excluding hydrogens is 230 g/mol. The van der Waals surface area contributed by atoms with Crippen molar-refractivity contribution in [1.29, 1.82) is 0 Å². The Kier molecular flexibility index (Phi) is 3.02. The lowest BCUT2D eigenvalue weighted by molar-refractivity contribution is 0.104. The molecule has 0 saturated heterocycles. The quantitative estimate of drug-likeness (QED) is 0.471. The molecule has 18 heavy (non-hydrogen) atoms. The Balaban J connectivity index is 2.68. The molecule has 0 fully saturated rings. The molecule has 0 spiro atoms. The normalized spacial score (nSPS) is 10.3. The highest BCUT2D eigenvalue weighted by Gasteiger charge is 2.11. The summed E-state index contributed by atoms with van der Waals surface area (Å²) >= 11 is 0. The summed E-state index contributed by atoms with van der Waals surface area (Å²) in [6.45, 7) is 3.36. The first kappa shape index (κ1) is 12.1. The second-order valence-corrected chi connectivity index (χ2v) is 4.13. The van der Waals surface area contributed by atoms with Gasteiger partial charge in [-0.1, -0.05) is 6.58 Å². The van der Waals surface area contributed by atoms with E-state index in [1.807, 2.05) is 31.1 Å². The number of carbonyl (C=O) groups excluding carboxylic acids is 1. The number of rotatable bonds is 3. The lowest BCUT2D eigenvalue weighted by Crippen LogP contribution is -2.12. The molecule has 1 heterocycles. The summed E-state index contributed by atoms with van der Waals surface area (Å²) in [6, 6.07) is 7.00. The predicted molar refractivity (Wildman–Crippen MR) is 71.3 cm³/mol. The van der Waals surface area contributed by atoms with Crippen molar-refractivity contribution < 1.29 is 9.21 Å². The zero-order valence-electron chi connectivity index (χ0n) is 10.3. The summed E-state index contributed by atoms with van der Waals surface area (Å²) in [5.41, 5.74) is 0.763. The van der Waals surface area contributed by atoms with Crippen molar-refractivity contribution in [3.63, 3.8) is 0 Å². The van der Waals surface area contributed by atoms with E-state index in [9.17, 15) is 9.59 Å². The first-order valence-electron chi connectivity index (χ1n) is 5.45. The van der Waals surface area contributed by atoms with E-state index in [4.69, 9.17) is 4.42 Å². The van der Waals surface area contributed by atoms with Crippen LogP contribution < -0.4 is 10.5 Å². The Labute approximate surface area is 104 Å². The van der Waals surface area contributed by atoms with Crippen LogP contribution in [0.5, 0.6) is 0 Å². The average Bonchev–Trinajstić information content (AvgIpc) is 2.36. The standard InChI is InChI=1S/C14H13NO3/c1-4-12(16)11-7-9-5-6-10(15(2)3)8-13(9)18-14(11)17/h4-8H,1H2,2-3H3. The Hall–Kier alpha value is -2.36. The van der Waals surface area contributed by atoms with Crippen molar-refractivity contribution in [2.75, 3.05) is 19.0 Å². The van der Waals surface area contributed by atoms with Crippen molar-refractivity contribution in [2.45, 2.75) is 0 Å². The largest absolute Gasteiger partial charge is 0.422 e. The summed E-state index contributed by atoms with van der Waals surface area (Å²) in [5, 5.41) is 0.713. The van der Waals surface area contributed by atoms with Crippen molar-refractivity contribution in [3.05, 3.63) is 52.9 Å². The highest BCUT2D eigenvalue weighted by atomic mass is 16.4. The van der Waals surface area contributed by atoms with Gasteiger partial charge in [-0.2, -0.15) is 0 Å². The van der Waals surface area contributed by atoms with Crippen LogP contribution >= 0.6 is 0 Å². The molecule has 92 valence electrons. The predicted octanol–water partition coefficient (Wildman–Crippen LogP) is 2.23. The molecule has 0 radical (unpaired) electrons. The van der Waals surface area contributed by atoms with Gasteiger partial charge < -0.3 is 9.32 Å². The number of nitrogens with zero attached hydrogens (tertiary/aromatic N) is 1. The van der Waals surface area contributed by atoms with Gasteiger partial charge in [-0.15, -0.1) is 0 Å². The van der Waals surface area contributed by atoms with E-state index in [0.717, 1.165) is 11.8 Å². The average molecular weight is 243 g/mol. The van der Waals surface area contributed by atoms with Crippen LogP contribution in [0.15, 0.2) is 46.1 Å². The smallest absolute Gasteiger partial charge is 0.347 e. The van der Waals surface area contributed by atoms with E-state index >= 15 is 0 Å².